The molecule has 1 aromatic carbocycles. The van der Waals surface area contributed by atoms with E-state index in [2.05, 4.69) is 16.9 Å². The maximum atomic E-state index is 12.4. The molecule has 0 aliphatic heterocycles. The Morgan fingerprint density at radius 1 is 1.28 bits per heavy atom. The Morgan fingerprint density at radius 2 is 2.07 bits per heavy atom. The molecule has 3 rings (SSSR count). The summed E-state index contributed by atoms with van der Waals surface area (Å²) in [5, 5.41) is 9.99. The number of carboxylic acids is 1. The van der Waals surface area contributed by atoms with E-state index >= 15 is 0 Å². The van der Waals surface area contributed by atoms with Crippen molar-refractivity contribution in [3.8, 4) is 0 Å². The predicted octanol–water partition coefficient (Wildman–Crippen LogP) is 4.36. The molecule has 4 atom stereocenters. The van der Waals surface area contributed by atoms with Crippen LogP contribution < -0.4 is 4.72 Å². The summed E-state index contributed by atoms with van der Waals surface area (Å²) in [5.74, 6) is 1.17. The van der Waals surface area contributed by atoms with Crippen LogP contribution in [0.1, 0.15) is 49.7 Å². The molecule has 2 aliphatic rings. The SMILES string of the molecule is Cc1cccc(/C=C/S(=O)(=O)NCC2C3CCC(C3)C2/C=C/CCCC(=O)O)c1. The number of sulfonamides is 1. The number of nitrogens with one attached hydrogen (secondary N) is 1. The Labute approximate surface area is 174 Å². The molecule has 1 aromatic rings. The van der Waals surface area contributed by atoms with Gasteiger partial charge < -0.3 is 5.11 Å². The van der Waals surface area contributed by atoms with Crippen LogP contribution in [0.5, 0.6) is 0 Å². The minimum atomic E-state index is -3.48. The van der Waals surface area contributed by atoms with E-state index in [1.807, 2.05) is 31.2 Å². The minimum absolute atomic E-state index is 0.192. The second kappa shape index (κ2) is 9.72. The minimum Gasteiger partial charge on any atom is -0.481 e. The molecule has 2 aliphatic carbocycles. The highest BCUT2D eigenvalue weighted by Crippen LogP contribution is 2.52. The van der Waals surface area contributed by atoms with Crippen molar-refractivity contribution in [1.82, 2.24) is 4.72 Å². The van der Waals surface area contributed by atoms with Crippen LogP contribution >= 0.6 is 0 Å². The number of benzene rings is 1. The van der Waals surface area contributed by atoms with Crippen molar-refractivity contribution in [3.63, 3.8) is 0 Å². The summed E-state index contributed by atoms with van der Waals surface area (Å²) in [6.07, 6.45) is 11.1. The van der Waals surface area contributed by atoms with Crippen LogP contribution in [0.2, 0.25) is 0 Å². The summed E-state index contributed by atoms with van der Waals surface area (Å²) < 4.78 is 27.7. The molecule has 0 radical (unpaired) electrons. The first-order valence-corrected chi connectivity index (χ1v) is 12.0. The zero-order valence-corrected chi connectivity index (χ0v) is 17.8. The quantitative estimate of drug-likeness (QED) is 0.438. The number of hydrogen-bond acceptors (Lipinski definition) is 3. The van der Waals surface area contributed by atoms with E-state index in [-0.39, 0.29) is 6.42 Å². The average molecular weight is 418 g/mol. The van der Waals surface area contributed by atoms with Crippen LogP contribution in [0, 0.1) is 30.6 Å². The molecule has 6 heteroatoms. The number of fused-ring (bicyclic) bond motifs is 2. The van der Waals surface area contributed by atoms with Gasteiger partial charge in [0.05, 0.1) is 0 Å². The molecule has 158 valence electrons. The molecule has 2 N–H and O–H groups in total. The smallest absolute Gasteiger partial charge is 0.303 e. The molecule has 0 amide bonds. The van der Waals surface area contributed by atoms with E-state index in [1.165, 1.54) is 24.7 Å². The van der Waals surface area contributed by atoms with E-state index in [0.29, 0.717) is 36.6 Å². The number of carbonyl (C=O) groups is 1. The summed E-state index contributed by atoms with van der Waals surface area (Å²) in [6.45, 7) is 2.44. The van der Waals surface area contributed by atoms with Crippen LogP contribution in [0.25, 0.3) is 6.08 Å². The van der Waals surface area contributed by atoms with Crippen LogP contribution in [0.3, 0.4) is 0 Å². The fraction of sp³-hybridized carbons (Fsp3) is 0.522. The zero-order chi connectivity index (χ0) is 20.9. The maximum absolute atomic E-state index is 12.4. The lowest BCUT2D eigenvalue weighted by atomic mass is 9.79. The van der Waals surface area contributed by atoms with Gasteiger partial charge in [0, 0.05) is 18.4 Å². The topological polar surface area (TPSA) is 83.5 Å². The first-order chi connectivity index (χ1) is 13.8. The molecule has 2 saturated carbocycles. The summed E-state index contributed by atoms with van der Waals surface area (Å²) in [7, 11) is -3.48. The van der Waals surface area contributed by atoms with Crippen molar-refractivity contribution < 1.29 is 18.3 Å². The first-order valence-electron chi connectivity index (χ1n) is 10.5. The molecular weight excluding hydrogens is 386 g/mol. The van der Waals surface area contributed by atoms with Crippen LogP contribution in [-0.2, 0) is 14.8 Å². The van der Waals surface area contributed by atoms with Crippen molar-refractivity contribution >= 4 is 22.1 Å². The Bertz CT molecular complexity index is 875. The zero-order valence-electron chi connectivity index (χ0n) is 17.0. The second-order valence-corrected chi connectivity index (χ2v) is 10.0. The van der Waals surface area contributed by atoms with Gasteiger partial charge in [-0.2, -0.15) is 0 Å². The van der Waals surface area contributed by atoms with Gasteiger partial charge in [-0.15, -0.1) is 0 Å². The van der Waals surface area contributed by atoms with Crippen molar-refractivity contribution in [2.24, 2.45) is 23.7 Å². The van der Waals surface area contributed by atoms with Crippen LogP contribution in [0.4, 0.5) is 0 Å². The molecule has 2 bridgehead atoms. The fourth-order valence-corrected chi connectivity index (χ4v) is 5.74. The van der Waals surface area contributed by atoms with E-state index in [0.717, 1.165) is 17.5 Å². The van der Waals surface area contributed by atoms with Gasteiger partial charge in [-0.1, -0.05) is 42.0 Å². The second-order valence-electron chi connectivity index (χ2n) is 8.40. The van der Waals surface area contributed by atoms with Crippen molar-refractivity contribution in [1.29, 1.82) is 0 Å². The van der Waals surface area contributed by atoms with Crippen molar-refractivity contribution in [3.05, 3.63) is 53.0 Å². The van der Waals surface area contributed by atoms with E-state index in [9.17, 15) is 13.2 Å². The average Bonchev–Trinajstić information content (AvgIpc) is 3.26. The maximum Gasteiger partial charge on any atom is 0.303 e. The third-order valence-corrected chi connectivity index (χ3v) is 7.34. The number of carboxylic acid groups (broad SMARTS) is 1. The highest BCUT2D eigenvalue weighted by molar-refractivity contribution is 7.92. The highest BCUT2D eigenvalue weighted by atomic mass is 32.2. The van der Waals surface area contributed by atoms with Gasteiger partial charge in [-0.3, -0.25) is 4.79 Å². The molecular formula is C23H31NO4S. The Kier molecular flexibility index (Phi) is 7.30. The van der Waals surface area contributed by atoms with Gasteiger partial charge >= 0.3 is 5.97 Å². The van der Waals surface area contributed by atoms with Gasteiger partial charge in [-0.05, 0) is 74.3 Å². The van der Waals surface area contributed by atoms with Gasteiger partial charge in [-0.25, -0.2) is 13.1 Å². The molecule has 4 unspecified atom stereocenters. The molecule has 0 spiro atoms. The first kappa shape index (κ1) is 21.8. The number of unbranched alkanes of at least 4 members (excludes halogenated alkanes) is 1. The fourth-order valence-electron chi connectivity index (χ4n) is 4.88. The molecule has 0 aromatic heterocycles. The summed E-state index contributed by atoms with van der Waals surface area (Å²) in [6, 6.07) is 7.74. The van der Waals surface area contributed by atoms with Gasteiger partial charge in [0.2, 0.25) is 10.0 Å². The molecule has 0 heterocycles. The number of aryl methyl sites for hydroxylation is 1. The Morgan fingerprint density at radius 3 is 2.83 bits per heavy atom. The van der Waals surface area contributed by atoms with Crippen molar-refractivity contribution in [2.75, 3.05) is 6.54 Å². The van der Waals surface area contributed by atoms with E-state index < -0.39 is 16.0 Å². The molecule has 2 fully saturated rings. The van der Waals surface area contributed by atoms with Crippen LogP contribution in [0.15, 0.2) is 41.8 Å². The van der Waals surface area contributed by atoms with Gasteiger partial charge in [0.25, 0.3) is 0 Å². The molecule has 29 heavy (non-hydrogen) atoms. The molecule has 0 saturated heterocycles. The lowest BCUT2D eigenvalue weighted by Gasteiger charge is -2.29. The van der Waals surface area contributed by atoms with Crippen molar-refractivity contribution in [2.45, 2.75) is 45.4 Å². The summed E-state index contributed by atoms with van der Waals surface area (Å²) in [4.78, 5) is 10.6. The Balaban J connectivity index is 1.56. The highest BCUT2D eigenvalue weighted by Gasteiger charge is 2.46. The number of rotatable bonds is 10. The lowest BCUT2D eigenvalue weighted by molar-refractivity contribution is -0.137. The third-order valence-electron chi connectivity index (χ3n) is 6.28. The third kappa shape index (κ3) is 6.28. The standard InChI is InChI=1S/C23H31NO4S/c1-17-6-5-7-18(14-17)12-13-29(27,28)24-16-22-20-11-10-19(15-20)21(22)8-3-2-4-9-23(25)26/h3,5-8,12-14,19-22,24H,2,4,9-11,15-16H2,1H3,(H,25,26)/b8-3+,13-12+. The molecule has 5 nitrogen and oxygen atoms in total. The van der Waals surface area contributed by atoms with E-state index in [4.69, 9.17) is 5.11 Å². The number of allylic oxidation sites excluding steroid dienone is 2. The van der Waals surface area contributed by atoms with Gasteiger partial charge in [0.1, 0.15) is 0 Å². The number of aliphatic carboxylic acids is 1. The lowest BCUT2D eigenvalue weighted by Crippen LogP contribution is -2.34. The van der Waals surface area contributed by atoms with E-state index in [1.54, 1.807) is 6.08 Å². The predicted molar refractivity (Wildman–Crippen MR) is 116 cm³/mol. The summed E-state index contributed by atoms with van der Waals surface area (Å²) >= 11 is 0. The van der Waals surface area contributed by atoms with Crippen LogP contribution in [-0.4, -0.2) is 26.0 Å². The number of hydrogen-bond donors (Lipinski definition) is 2. The normalized spacial score (nSPS) is 26.7. The Hall–Kier alpha value is -1.92. The largest absolute Gasteiger partial charge is 0.481 e. The monoisotopic (exact) mass is 417 g/mol. The van der Waals surface area contributed by atoms with Gasteiger partial charge in [0.15, 0.2) is 0 Å². The summed E-state index contributed by atoms with van der Waals surface area (Å²) in [5.41, 5.74) is 1.97.